The fraction of sp³-hybridized carbons (Fsp3) is 0.200. The van der Waals surface area contributed by atoms with Gasteiger partial charge in [0.2, 0.25) is 0 Å². The molecule has 0 saturated carbocycles. The number of pyridine rings is 1. The molecule has 2 heterocycles. The maximum atomic E-state index is 12.1. The molecule has 4 N–H and O–H groups in total. The Labute approximate surface area is 103 Å². The van der Waals surface area contributed by atoms with Crippen molar-refractivity contribution in [2.45, 2.75) is 6.54 Å². The number of nitrogens with one attached hydrogen (secondary N) is 2. The van der Waals surface area contributed by atoms with E-state index in [2.05, 4.69) is 25.6 Å². The standard InChI is InChI=1S/C10H13N7O/c1-17(5-9-13-6-14-16-9)10(18)8-4-7(15-11)2-3-12-8/h2-4,6H,5,11H2,1H3,(H,12,15)(H,13,14,16). The highest BCUT2D eigenvalue weighted by Crippen LogP contribution is 2.09. The van der Waals surface area contributed by atoms with E-state index in [1.807, 2.05) is 0 Å². The third-order valence-electron chi connectivity index (χ3n) is 2.34. The Balaban J connectivity index is 2.10. The predicted molar refractivity (Wildman–Crippen MR) is 64.2 cm³/mol. The highest BCUT2D eigenvalue weighted by atomic mass is 16.2. The number of nitrogens with two attached hydrogens (primary N) is 1. The first-order valence-electron chi connectivity index (χ1n) is 5.23. The molecule has 2 aromatic rings. The minimum Gasteiger partial charge on any atom is -0.333 e. The molecule has 8 nitrogen and oxygen atoms in total. The van der Waals surface area contributed by atoms with Gasteiger partial charge in [-0.15, -0.1) is 0 Å². The lowest BCUT2D eigenvalue weighted by Crippen LogP contribution is -2.27. The third kappa shape index (κ3) is 2.61. The van der Waals surface area contributed by atoms with Crippen LogP contribution in [-0.2, 0) is 6.54 Å². The van der Waals surface area contributed by atoms with Gasteiger partial charge in [-0.1, -0.05) is 0 Å². The largest absolute Gasteiger partial charge is 0.333 e. The Morgan fingerprint density at radius 2 is 2.39 bits per heavy atom. The van der Waals surface area contributed by atoms with Gasteiger partial charge in [-0.2, -0.15) is 5.10 Å². The molecule has 0 aliphatic rings. The second-order valence-corrected chi connectivity index (χ2v) is 3.67. The summed E-state index contributed by atoms with van der Waals surface area (Å²) in [5, 5.41) is 6.41. The molecule has 0 spiro atoms. The van der Waals surface area contributed by atoms with E-state index >= 15 is 0 Å². The number of hydrogen-bond acceptors (Lipinski definition) is 6. The van der Waals surface area contributed by atoms with E-state index in [1.54, 1.807) is 19.2 Å². The third-order valence-corrected chi connectivity index (χ3v) is 2.34. The first-order valence-corrected chi connectivity index (χ1v) is 5.23. The summed E-state index contributed by atoms with van der Waals surface area (Å²) in [7, 11) is 1.66. The predicted octanol–water partition coefficient (Wildman–Crippen LogP) is -0.242. The summed E-state index contributed by atoms with van der Waals surface area (Å²) in [6, 6.07) is 3.26. The van der Waals surface area contributed by atoms with E-state index in [1.165, 1.54) is 17.4 Å². The van der Waals surface area contributed by atoms with Crippen LogP contribution in [0, 0.1) is 0 Å². The van der Waals surface area contributed by atoms with E-state index < -0.39 is 0 Å². The van der Waals surface area contributed by atoms with Gasteiger partial charge in [-0.05, 0) is 12.1 Å². The Hall–Kier alpha value is -2.48. The second kappa shape index (κ2) is 5.23. The van der Waals surface area contributed by atoms with Crippen molar-refractivity contribution >= 4 is 11.6 Å². The van der Waals surface area contributed by atoms with E-state index in [0.717, 1.165) is 0 Å². The SMILES string of the molecule is CN(Cc1ncn[nH]1)C(=O)c1cc(NN)ccn1. The molecule has 2 aromatic heterocycles. The molecule has 8 heteroatoms. The van der Waals surface area contributed by atoms with Gasteiger partial charge >= 0.3 is 0 Å². The monoisotopic (exact) mass is 247 g/mol. The van der Waals surface area contributed by atoms with Crippen LogP contribution in [0.3, 0.4) is 0 Å². The molecule has 0 aromatic carbocycles. The number of carbonyl (C=O) groups excluding carboxylic acids is 1. The zero-order valence-electron chi connectivity index (χ0n) is 9.79. The molecule has 94 valence electrons. The fourth-order valence-electron chi connectivity index (χ4n) is 1.44. The van der Waals surface area contributed by atoms with Gasteiger partial charge in [0, 0.05) is 13.2 Å². The highest BCUT2D eigenvalue weighted by molar-refractivity contribution is 5.92. The number of H-pyrrole nitrogens is 1. The van der Waals surface area contributed by atoms with Crippen molar-refractivity contribution in [2.24, 2.45) is 5.84 Å². The summed E-state index contributed by atoms with van der Waals surface area (Å²) in [5.74, 6) is 5.67. The maximum Gasteiger partial charge on any atom is 0.272 e. The smallest absolute Gasteiger partial charge is 0.272 e. The minimum atomic E-state index is -0.219. The molecular weight excluding hydrogens is 234 g/mol. The van der Waals surface area contributed by atoms with Crippen LogP contribution in [0.4, 0.5) is 5.69 Å². The van der Waals surface area contributed by atoms with Crippen molar-refractivity contribution in [2.75, 3.05) is 12.5 Å². The number of rotatable bonds is 4. The van der Waals surface area contributed by atoms with E-state index in [4.69, 9.17) is 5.84 Å². The molecule has 18 heavy (non-hydrogen) atoms. The summed E-state index contributed by atoms with van der Waals surface area (Å²) in [6.45, 7) is 0.334. The Morgan fingerprint density at radius 3 is 3.06 bits per heavy atom. The van der Waals surface area contributed by atoms with Crippen molar-refractivity contribution < 1.29 is 4.79 Å². The van der Waals surface area contributed by atoms with Crippen molar-refractivity contribution in [1.82, 2.24) is 25.1 Å². The average molecular weight is 247 g/mol. The molecule has 0 radical (unpaired) electrons. The number of anilines is 1. The summed E-state index contributed by atoms with van der Waals surface area (Å²) >= 11 is 0. The number of nitrogens with zero attached hydrogens (tertiary/aromatic N) is 4. The fourth-order valence-corrected chi connectivity index (χ4v) is 1.44. The van der Waals surface area contributed by atoms with E-state index in [-0.39, 0.29) is 5.91 Å². The zero-order chi connectivity index (χ0) is 13.0. The lowest BCUT2D eigenvalue weighted by atomic mass is 10.3. The Morgan fingerprint density at radius 1 is 1.56 bits per heavy atom. The number of hydrazine groups is 1. The van der Waals surface area contributed by atoms with Crippen molar-refractivity contribution in [3.8, 4) is 0 Å². The van der Waals surface area contributed by atoms with Crippen LogP contribution in [-0.4, -0.2) is 38.0 Å². The number of aromatic amines is 1. The zero-order valence-corrected chi connectivity index (χ0v) is 9.79. The summed E-state index contributed by atoms with van der Waals surface area (Å²) < 4.78 is 0. The normalized spacial score (nSPS) is 10.1. The molecule has 0 aliphatic heterocycles. The molecule has 0 saturated heterocycles. The van der Waals surface area contributed by atoms with Gasteiger partial charge in [0.15, 0.2) is 0 Å². The molecule has 0 bridgehead atoms. The molecular formula is C10H13N7O. The number of aromatic nitrogens is 4. The molecule has 1 amide bonds. The molecule has 0 aliphatic carbocycles. The summed E-state index contributed by atoms with van der Waals surface area (Å²) in [4.78, 5) is 21.5. The van der Waals surface area contributed by atoms with Gasteiger partial charge in [0.05, 0.1) is 12.2 Å². The van der Waals surface area contributed by atoms with Crippen molar-refractivity contribution in [3.63, 3.8) is 0 Å². The van der Waals surface area contributed by atoms with E-state index in [9.17, 15) is 4.79 Å². The van der Waals surface area contributed by atoms with Gasteiger partial charge in [0.1, 0.15) is 17.8 Å². The van der Waals surface area contributed by atoms with Crippen LogP contribution in [0.1, 0.15) is 16.3 Å². The number of nitrogen functional groups attached to an aromatic ring is 1. The first-order chi connectivity index (χ1) is 8.70. The number of hydrogen-bond donors (Lipinski definition) is 3. The Bertz CT molecular complexity index is 525. The number of amides is 1. The second-order valence-electron chi connectivity index (χ2n) is 3.67. The highest BCUT2D eigenvalue weighted by Gasteiger charge is 2.14. The lowest BCUT2D eigenvalue weighted by molar-refractivity contribution is 0.0776. The van der Waals surface area contributed by atoms with Crippen LogP contribution < -0.4 is 11.3 Å². The minimum absolute atomic E-state index is 0.219. The Kier molecular flexibility index (Phi) is 3.49. The molecule has 0 unspecified atom stereocenters. The van der Waals surface area contributed by atoms with Gasteiger partial charge in [0.25, 0.3) is 5.91 Å². The van der Waals surface area contributed by atoms with Crippen LogP contribution >= 0.6 is 0 Å². The van der Waals surface area contributed by atoms with Gasteiger partial charge in [-0.3, -0.25) is 20.7 Å². The molecule has 0 atom stereocenters. The van der Waals surface area contributed by atoms with Crippen LogP contribution in [0.25, 0.3) is 0 Å². The van der Waals surface area contributed by atoms with E-state index in [0.29, 0.717) is 23.8 Å². The lowest BCUT2D eigenvalue weighted by Gasteiger charge is -2.15. The number of carbonyl (C=O) groups is 1. The van der Waals surface area contributed by atoms with Gasteiger partial charge in [-0.25, -0.2) is 4.98 Å². The maximum absolute atomic E-state index is 12.1. The van der Waals surface area contributed by atoms with Crippen LogP contribution in [0.15, 0.2) is 24.7 Å². The average Bonchev–Trinajstić information content (AvgIpc) is 2.90. The molecule has 0 fully saturated rings. The topological polar surface area (TPSA) is 113 Å². The molecule has 2 rings (SSSR count). The summed E-state index contributed by atoms with van der Waals surface area (Å²) in [5.41, 5.74) is 3.41. The quantitative estimate of drug-likeness (QED) is 0.507. The van der Waals surface area contributed by atoms with Gasteiger partial charge < -0.3 is 10.3 Å². The summed E-state index contributed by atoms with van der Waals surface area (Å²) in [6.07, 6.45) is 2.91. The van der Waals surface area contributed by atoms with Crippen LogP contribution in [0.5, 0.6) is 0 Å². The first kappa shape index (κ1) is 12.0. The van der Waals surface area contributed by atoms with Crippen molar-refractivity contribution in [1.29, 1.82) is 0 Å². The van der Waals surface area contributed by atoms with Crippen LogP contribution in [0.2, 0.25) is 0 Å². The van der Waals surface area contributed by atoms with Crippen molar-refractivity contribution in [3.05, 3.63) is 36.2 Å².